The highest BCUT2D eigenvalue weighted by Crippen LogP contribution is 2.44. The number of hydrogen-bond donors (Lipinski definition) is 1. The van der Waals surface area contributed by atoms with Crippen LogP contribution in [0.2, 0.25) is 0 Å². The van der Waals surface area contributed by atoms with E-state index in [4.69, 9.17) is 0 Å². The van der Waals surface area contributed by atoms with E-state index in [9.17, 15) is 18.0 Å². The van der Waals surface area contributed by atoms with Crippen LogP contribution in [0.4, 0.5) is 13.2 Å². The van der Waals surface area contributed by atoms with Gasteiger partial charge in [0.1, 0.15) is 0 Å². The molecule has 1 saturated heterocycles. The van der Waals surface area contributed by atoms with Crippen LogP contribution in [0.1, 0.15) is 50.4 Å². The maximum Gasteiger partial charge on any atom is 0.392 e. The van der Waals surface area contributed by atoms with Crippen molar-refractivity contribution in [2.24, 2.45) is 11.8 Å². The Balaban J connectivity index is 1.53. The van der Waals surface area contributed by atoms with Gasteiger partial charge in [-0.2, -0.15) is 13.2 Å². The number of nitrogens with one attached hydrogen (secondary N) is 1. The number of alkyl halides is 3. The minimum Gasteiger partial charge on any atom is -0.348 e. The Bertz CT molecular complexity index is 689. The third-order valence-electron chi connectivity index (χ3n) is 6.76. The van der Waals surface area contributed by atoms with E-state index in [-0.39, 0.29) is 18.4 Å². The fourth-order valence-electron chi connectivity index (χ4n) is 4.78. The van der Waals surface area contributed by atoms with Gasteiger partial charge in [-0.25, -0.2) is 4.98 Å². The Morgan fingerprint density at radius 2 is 2.04 bits per heavy atom. The second-order valence-corrected chi connectivity index (χ2v) is 8.37. The van der Waals surface area contributed by atoms with E-state index < -0.39 is 17.6 Å². The van der Waals surface area contributed by atoms with Crippen LogP contribution in [0, 0.1) is 11.8 Å². The van der Waals surface area contributed by atoms with Gasteiger partial charge >= 0.3 is 6.18 Å². The van der Waals surface area contributed by atoms with E-state index in [1.54, 1.807) is 6.33 Å². The van der Waals surface area contributed by atoms with Gasteiger partial charge in [0.2, 0.25) is 5.91 Å². The zero-order valence-electron chi connectivity index (χ0n) is 15.7. The van der Waals surface area contributed by atoms with Crippen LogP contribution >= 0.6 is 0 Å². The van der Waals surface area contributed by atoms with E-state index in [1.807, 2.05) is 9.80 Å². The van der Waals surface area contributed by atoms with Gasteiger partial charge in [0.05, 0.1) is 23.5 Å². The van der Waals surface area contributed by atoms with Crippen molar-refractivity contribution in [3.8, 4) is 0 Å². The molecular weight excluding hydrogens is 357 g/mol. The van der Waals surface area contributed by atoms with Crippen LogP contribution in [0.25, 0.3) is 0 Å². The molecule has 1 saturated carbocycles. The van der Waals surface area contributed by atoms with Crippen LogP contribution in [0.3, 0.4) is 0 Å². The summed E-state index contributed by atoms with van der Waals surface area (Å²) in [6.45, 7) is 3.04. The lowest BCUT2D eigenvalue weighted by Crippen LogP contribution is -2.60. The molecule has 1 amide bonds. The number of H-pyrrole nitrogens is 1. The number of rotatable bonds is 3. The van der Waals surface area contributed by atoms with Crippen molar-refractivity contribution in [2.45, 2.75) is 57.2 Å². The summed E-state index contributed by atoms with van der Waals surface area (Å²) in [4.78, 5) is 24.7. The molecule has 2 aliphatic heterocycles. The molecule has 1 N–H and O–H groups in total. The first-order valence-electron chi connectivity index (χ1n) is 9.94. The van der Waals surface area contributed by atoms with Gasteiger partial charge in [0.25, 0.3) is 0 Å². The van der Waals surface area contributed by atoms with Crippen LogP contribution < -0.4 is 0 Å². The fraction of sp³-hybridized carbons (Fsp3) is 0.789. The first-order chi connectivity index (χ1) is 12.8. The highest BCUT2D eigenvalue weighted by atomic mass is 19.4. The Labute approximate surface area is 157 Å². The van der Waals surface area contributed by atoms with E-state index in [2.05, 4.69) is 9.97 Å². The van der Waals surface area contributed by atoms with Gasteiger partial charge in [-0.3, -0.25) is 4.79 Å². The normalized spacial score (nSPS) is 24.5. The summed E-state index contributed by atoms with van der Waals surface area (Å²) < 4.78 is 38.7. The summed E-state index contributed by atoms with van der Waals surface area (Å²) in [5, 5.41) is 0. The zero-order valence-corrected chi connectivity index (χ0v) is 15.7. The van der Waals surface area contributed by atoms with E-state index in [0.29, 0.717) is 32.5 Å². The van der Waals surface area contributed by atoms with Crippen molar-refractivity contribution in [2.75, 3.05) is 26.2 Å². The molecule has 3 aliphatic rings. The predicted molar refractivity (Wildman–Crippen MR) is 93.9 cm³/mol. The molecule has 1 spiro atoms. The molecule has 0 bridgehead atoms. The average Bonchev–Trinajstić information content (AvgIpc) is 3.04. The Hall–Kier alpha value is -1.57. The van der Waals surface area contributed by atoms with Crippen LogP contribution in [-0.2, 0) is 16.8 Å². The number of hydrogen-bond acceptors (Lipinski definition) is 3. The van der Waals surface area contributed by atoms with Crippen molar-refractivity contribution in [3.63, 3.8) is 0 Å². The summed E-state index contributed by atoms with van der Waals surface area (Å²) >= 11 is 0. The molecule has 0 unspecified atom stereocenters. The Kier molecular flexibility index (Phi) is 4.72. The van der Waals surface area contributed by atoms with Crippen molar-refractivity contribution in [1.82, 2.24) is 19.8 Å². The minimum absolute atomic E-state index is 0.0174. The molecule has 27 heavy (non-hydrogen) atoms. The number of likely N-dealkylation sites (tertiary alicyclic amines) is 1. The highest BCUT2D eigenvalue weighted by Gasteiger charge is 2.50. The van der Waals surface area contributed by atoms with Gasteiger partial charge in [-0.05, 0) is 25.7 Å². The number of carbonyl (C=O) groups excluding carboxylic acids is 1. The van der Waals surface area contributed by atoms with Crippen LogP contribution in [0.5, 0.6) is 0 Å². The summed E-state index contributed by atoms with van der Waals surface area (Å²) in [5.74, 6) is -1.01. The molecule has 1 aliphatic carbocycles. The van der Waals surface area contributed by atoms with Gasteiger partial charge in [-0.15, -0.1) is 0 Å². The first-order valence-corrected chi connectivity index (χ1v) is 9.94. The van der Waals surface area contributed by atoms with Gasteiger partial charge in [-0.1, -0.05) is 13.3 Å². The van der Waals surface area contributed by atoms with Crippen molar-refractivity contribution >= 4 is 5.91 Å². The SMILES string of the molecule is C[C@@H](CN1CCC2(CC1)c1nc[nH]c1CCN2C(=O)C1CCC1)C(F)(F)F. The van der Waals surface area contributed by atoms with Gasteiger partial charge in [0.15, 0.2) is 0 Å². The largest absolute Gasteiger partial charge is 0.392 e. The molecule has 1 aromatic heterocycles. The van der Waals surface area contributed by atoms with Gasteiger partial charge < -0.3 is 14.8 Å². The number of fused-ring (bicyclic) bond motifs is 2. The summed E-state index contributed by atoms with van der Waals surface area (Å²) in [6, 6.07) is 0. The predicted octanol–water partition coefficient (Wildman–Crippen LogP) is 3.08. The lowest BCUT2D eigenvalue weighted by Gasteiger charge is -2.52. The lowest BCUT2D eigenvalue weighted by atomic mass is 9.76. The lowest BCUT2D eigenvalue weighted by molar-refractivity contribution is -0.175. The fourth-order valence-corrected chi connectivity index (χ4v) is 4.78. The second-order valence-electron chi connectivity index (χ2n) is 8.37. The molecule has 8 heteroatoms. The van der Waals surface area contributed by atoms with Crippen molar-refractivity contribution < 1.29 is 18.0 Å². The maximum absolute atomic E-state index is 13.1. The molecule has 1 aromatic rings. The molecule has 1 atom stereocenters. The minimum atomic E-state index is -4.17. The van der Waals surface area contributed by atoms with Crippen LogP contribution in [-0.4, -0.2) is 58.0 Å². The summed E-state index contributed by atoms with van der Waals surface area (Å²) in [6.07, 6.45) is 2.59. The monoisotopic (exact) mass is 384 g/mol. The maximum atomic E-state index is 13.1. The molecule has 150 valence electrons. The number of nitrogens with zero attached hydrogens (tertiary/aromatic N) is 3. The third kappa shape index (κ3) is 3.26. The number of halogens is 3. The number of carbonyl (C=O) groups is 1. The van der Waals surface area contributed by atoms with Gasteiger partial charge in [0, 0.05) is 44.2 Å². The number of imidazole rings is 1. The second kappa shape index (κ2) is 6.79. The molecular formula is C19H27F3N4O. The summed E-state index contributed by atoms with van der Waals surface area (Å²) in [7, 11) is 0. The zero-order chi connectivity index (χ0) is 19.2. The number of amides is 1. The third-order valence-corrected chi connectivity index (χ3v) is 6.76. The molecule has 0 radical (unpaired) electrons. The van der Waals surface area contributed by atoms with E-state index in [0.717, 1.165) is 37.1 Å². The van der Waals surface area contributed by atoms with Crippen molar-refractivity contribution in [1.29, 1.82) is 0 Å². The topological polar surface area (TPSA) is 52.2 Å². The van der Waals surface area contributed by atoms with Crippen LogP contribution in [0.15, 0.2) is 6.33 Å². The molecule has 3 heterocycles. The Morgan fingerprint density at radius 3 is 2.63 bits per heavy atom. The summed E-state index contributed by atoms with van der Waals surface area (Å²) in [5.41, 5.74) is 1.55. The van der Waals surface area contributed by atoms with E-state index in [1.165, 1.54) is 6.92 Å². The standard InChI is InChI=1S/C19H27F3N4O/c1-13(19(20,21)22)11-25-9-6-18(7-10-25)16-15(23-12-24-16)5-8-26(18)17(27)14-3-2-4-14/h12-14H,2-11H2,1H3,(H,23,24)/t13-/m0/s1. The molecule has 5 nitrogen and oxygen atoms in total. The molecule has 4 rings (SSSR count). The number of aromatic nitrogens is 2. The van der Waals surface area contributed by atoms with E-state index >= 15 is 0 Å². The first kappa shape index (κ1) is 18.8. The molecule has 2 fully saturated rings. The molecule has 0 aromatic carbocycles. The van der Waals surface area contributed by atoms with Crippen molar-refractivity contribution in [3.05, 3.63) is 17.7 Å². The average molecular weight is 384 g/mol. The Morgan fingerprint density at radius 1 is 1.33 bits per heavy atom. The smallest absolute Gasteiger partial charge is 0.348 e. The quantitative estimate of drug-likeness (QED) is 0.871. The number of aromatic amines is 1. The highest BCUT2D eigenvalue weighted by molar-refractivity contribution is 5.81. The number of piperidine rings is 1.